The van der Waals surface area contributed by atoms with Crippen molar-refractivity contribution in [3.05, 3.63) is 56.7 Å². The van der Waals surface area contributed by atoms with Gasteiger partial charge in [-0.1, -0.05) is 29.8 Å². The van der Waals surface area contributed by atoms with Crippen LogP contribution in [0.2, 0.25) is 5.02 Å². The molecule has 1 heterocycles. The fourth-order valence-corrected chi connectivity index (χ4v) is 3.96. The molecule has 2 aliphatic rings. The van der Waals surface area contributed by atoms with Crippen molar-refractivity contribution in [2.24, 2.45) is 0 Å². The van der Waals surface area contributed by atoms with Crippen LogP contribution in [-0.2, 0) is 4.79 Å². The topological polar surface area (TPSA) is 52.9 Å². The first kappa shape index (κ1) is 15.2. The molecule has 0 saturated carbocycles. The first-order valence-corrected chi connectivity index (χ1v) is 8.73. The number of halogens is 1. The number of ketones is 1. The van der Waals surface area contributed by atoms with E-state index in [-0.39, 0.29) is 11.7 Å². The molecule has 3 nitrogen and oxygen atoms in total. The van der Waals surface area contributed by atoms with Crippen LogP contribution in [0.1, 0.15) is 30.7 Å². The Hall–Kier alpha value is -1.70. The molecule has 5 heteroatoms. The van der Waals surface area contributed by atoms with Crippen LogP contribution in [-0.4, -0.2) is 12.0 Å². The van der Waals surface area contributed by atoms with E-state index >= 15 is 0 Å². The molecule has 22 heavy (non-hydrogen) atoms. The normalized spacial score (nSPS) is 21.3. The second-order valence-corrected chi connectivity index (χ2v) is 6.53. The van der Waals surface area contributed by atoms with Gasteiger partial charge in [-0.25, -0.2) is 0 Å². The van der Waals surface area contributed by atoms with Crippen LogP contribution in [0.15, 0.2) is 46.1 Å². The van der Waals surface area contributed by atoms with Crippen molar-refractivity contribution in [3.63, 3.8) is 0 Å². The lowest BCUT2D eigenvalue weighted by atomic mass is 9.77. The summed E-state index contributed by atoms with van der Waals surface area (Å²) in [5.41, 5.74) is 3.07. The van der Waals surface area contributed by atoms with Crippen LogP contribution in [0.3, 0.4) is 0 Å². The minimum atomic E-state index is -0.356. The van der Waals surface area contributed by atoms with Gasteiger partial charge in [-0.3, -0.25) is 4.79 Å². The minimum absolute atomic E-state index is 0.117. The van der Waals surface area contributed by atoms with Gasteiger partial charge in [-0.05, 0) is 30.7 Å². The van der Waals surface area contributed by atoms with Gasteiger partial charge >= 0.3 is 0 Å². The second-order valence-electron chi connectivity index (χ2n) is 5.31. The summed E-state index contributed by atoms with van der Waals surface area (Å²) in [6.07, 6.45) is 4.16. The lowest BCUT2D eigenvalue weighted by Gasteiger charge is -2.33. The van der Waals surface area contributed by atoms with Crippen molar-refractivity contribution in [1.29, 1.82) is 5.26 Å². The number of nitrogens with one attached hydrogen (secondary N) is 1. The number of hydrogen-bond acceptors (Lipinski definition) is 4. The van der Waals surface area contributed by atoms with Gasteiger partial charge in [0.1, 0.15) is 0 Å². The van der Waals surface area contributed by atoms with E-state index in [2.05, 4.69) is 11.4 Å². The number of nitriles is 1. The zero-order valence-corrected chi connectivity index (χ0v) is 13.7. The largest absolute Gasteiger partial charge is 0.352 e. The highest BCUT2D eigenvalue weighted by Gasteiger charge is 2.37. The average Bonchev–Trinajstić information content (AvgIpc) is 2.54. The number of thioether (sulfide) groups is 1. The van der Waals surface area contributed by atoms with E-state index in [9.17, 15) is 10.1 Å². The van der Waals surface area contributed by atoms with Crippen LogP contribution in [0.4, 0.5) is 0 Å². The first-order chi connectivity index (χ1) is 10.7. The molecule has 0 bridgehead atoms. The number of Topliss-reactive ketones (excluding diaryl/α,β-unsaturated/α-hetero) is 1. The van der Waals surface area contributed by atoms with Crippen molar-refractivity contribution in [2.75, 3.05) is 6.26 Å². The monoisotopic (exact) mass is 330 g/mol. The second kappa shape index (κ2) is 6.20. The number of nitrogens with zero attached hydrogens (tertiary/aromatic N) is 1. The van der Waals surface area contributed by atoms with Gasteiger partial charge in [0.25, 0.3) is 0 Å². The van der Waals surface area contributed by atoms with E-state index in [1.807, 2.05) is 24.5 Å². The predicted molar refractivity (Wildman–Crippen MR) is 89.4 cm³/mol. The van der Waals surface area contributed by atoms with Crippen molar-refractivity contribution >= 4 is 29.1 Å². The van der Waals surface area contributed by atoms with Crippen molar-refractivity contribution in [3.8, 4) is 6.07 Å². The van der Waals surface area contributed by atoms with Gasteiger partial charge < -0.3 is 5.32 Å². The summed E-state index contributed by atoms with van der Waals surface area (Å²) >= 11 is 7.85. The van der Waals surface area contributed by atoms with E-state index in [0.717, 1.165) is 29.1 Å². The van der Waals surface area contributed by atoms with Crippen LogP contribution >= 0.6 is 23.4 Å². The Bertz CT molecular complexity index is 745. The summed E-state index contributed by atoms with van der Waals surface area (Å²) < 4.78 is 0. The number of hydrogen-bond donors (Lipinski definition) is 1. The molecule has 1 aliphatic heterocycles. The van der Waals surface area contributed by atoms with E-state index in [0.29, 0.717) is 22.6 Å². The molecule has 0 unspecified atom stereocenters. The van der Waals surface area contributed by atoms with Crippen LogP contribution < -0.4 is 5.32 Å². The fourth-order valence-electron chi connectivity index (χ4n) is 3.10. The van der Waals surface area contributed by atoms with Crippen LogP contribution in [0, 0.1) is 11.3 Å². The molecule has 1 aliphatic carbocycles. The Morgan fingerprint density at radius 3 is 2.82 bits per heavy atom. The van der Waals surface area contributed by atoms with E-state index in [1.165, 1.54) is 11.8 Å². The molecule has 0 aromatic heterocycles. The summed E-state index contributed by atoms with van der Waals surface area (Å²) in [6, 6.07) is 9.74. The quantitative estimate of drug-likeness (QED) is 0.885. The molecule has 0 amide bonds. The zero-order valence-electron chi connectivity index (χ0n) is 12.1. The molecule has 0 fully saturated rings. The summed E-state index contributed by atoms with van der Waals surface area (Å²) in [5.74, 6) is -0.239. The maximum Gasteiger partial charge on any atom is 0.161 e. The van der Waals surface area contributed by atoms with Crippen LogP contribution in [0.25, 0.3) is 0 Å². The van der Waals surface area contributed by atoms with Crippen molar-refractivity contribution in [1.82, 2.24) is 5.32 Å². The number of dihydropyridines is 1. The zero-order chi connectivity index (χ0) is 15.7. The molecular weight excluding hydrogens is 316 g/mol. The summed E-state index contributed by atoms with van der Waals surface area (Å²) in [5, 5.41) is 14.4. The molecule has 0 saturated heterocycles. The minimum Gasteiger partial charge on any atom is -0.352 e. The average molecular weight is 331 g/mol. The number of rotatable bonds is 2. The van der Waals surface area contributed by atoms with Crippen molar-refractivity contribution < 1.29 is 4.79 Å². The van der Waals surface area contributed by atoms with Gasteiger partial charge in [0.2, 0.25) is 0 Å². The Morgan fingerprint density at radius 2 is 2.14 bits per heavy atom. The molecular formula is C17H15ClN2OS. The van der Waals surface area contributed by atoms with Gasteiger partial charge in [0.15, 0.2) is 5.78 Å². The van der Waals surface area contributed by atoms with Gasteiger partial charge in [-0.2, -0.15) is 5.26 Å². The molecule has 1 aromatic carbocycles. The third-order valence-corrected chi connectivity index (χ3v) is 5.16. The maximum atomic E-state index is 12.5. The fraction of sp³-hybridized carbons (Fsp3) is 0.294. The Labute approximate surface area is 139 Å². The van der Waals surface area contributed by atoms with Crippen molar-refractivity contribution in [2.45, 2.75) is 25.2 Å². The maximum absolute atomic E-state index is 12.5. The lowest BCUT2D eigenvalue weighted by Crippen LogP contribution is -2.31. The molecule has 0 spiro atoms. The molecule has 0 radical (unpaired) electrons. The molecule has 1 aromatic rings. The molecule has 3 rings (SSSR count). The first-order valence-electron chi connectivity index (χ1n) is 7.13. The number of carbonyl (C=O) groups excluding carboxylic acids is 1. The predicted octanol–water partition coefficient (Wildman–Crippen LogP) is 4.13. The third-order valence-electron chi connectivity index (χ3n) is 4.08. The smallest absolute Gasteiger partial charge is 0.161 e. The lowest BCUT2D eigenvalue weighted by molar-refractivity contribution is -0.116. The highest BCUT2D eigenvalue weighted by molar-refractivity contribution is 8.02. The van der Waals surface area contributed by atoms with Gasteiger partial charge in [0.05, 0.1) is 22.6 Å². The third kappa shape index (κ3) is 2.45. The summed E-state index contributed by atoms with van der Waals surface area (Å²) in [4.78, 5) is 12.5. The van der Waals surface area contributed by atoms with Gasteiger partial charge in [-0.15, -0.1) is 11.8 Å². The highest BCUT2D eigenvalue weighted by atomic mass is 35.5. The SMILES string of the molecule is CSC1=C(C#N)[C@@H](c2ccccc2Cl)C2=C(CCCC2=O)N1. The Kier molecular flexibility index (Phi) is 4.28. The standard InChI is InChI=1S/C17H15ClN2OS/c1-22-17-11(9-19)15(10-5-2-3-6-12(10)18)16-13(20-17)7-4-8-14(16)21/h2-3,5-6,15,20H,4,7-8H2,1H3/t15-/m1/s1. The molecule has 1 atom stereocenters. The number of benzene rings is 1. The van der Waals surface area contributed by atoms with E-state index < -0.39 is 0 Å². The van der Waals surface area contributed by atoms with E-state index in [1.54, 1.807) is 6.07 Å². The highest BCUT2D eigenvalue weighted by Crippen LogP contribution is 2.45. The van der Waals surface area contributed by atoms with Crippen LogP contribution in [0.5, 0.6) is 0 Å². The summed E-state index contributed by atoms with van der Waals surface area (Å²) in [6.45, 7) is 0. The number of allylic oxidation sites excluding steroid dienone is 3. The Morgan fingerprint density at radius 1 is 1.36 bits per heavy atom. The van der Waals surface area contributed by atoms with Gasteiger partial charge in [0, 0.05) is 22.7 Å². The Balaban J connectivity index is 2.24. The molecule has 1 N–H and O–H groups in total. The summed E-state index contributed by atoms with van der Waals surface area (Å²) in [7, 11) is 0. The molecule has 112 valence electrons. The van der Waals surface area contributed by atoms with E-state index in [4.69, 9.17) is 11.6 Å². The number of carbonyl (C=O) groups is 1.